The number of rotatable bonds is 3. The quantitative estimate of drug-likeness (QED) is 0.875. The van der Waals surface area contributed by atoms with Crippen molar-refractivity contribution in [1.29, 1.82) is 0 Å². The molecule has 19 heavy (non-hydrogen) atoms. The number of hydrogen-bond donors (Lipinski definition) is 2. The van der Waals surface area contributed by atoms with E-state index in [0.717, 1.165) is 19.3 Å². The van der Waals surface area contributed by atoms with Crippen LogP contribution in [0.2, 0.25) is 0 Å². The molecule has 3 rings (SSSR count). The number of aromatic nitrogens is 4. The molecule has 0 amide bonds. The first-order chi connectivity index (χ1) is 9.16. The van der Waals surface area contributed by atoms with Gasteiger partial charge in [0.15, 0.2) is 5.82 Å². The van der Waals surface area contributed by atoms with E-state index in [1.165, 1.54) is 6.42 Å². The summed E-state index contributed by atoms with van der Waals surface area (Å²) in [5, 5.41) is 21.7. The number of hydrogen-bond acceptors (Lipinski definition) is 5. The van der Waals surface area contributed by atoms with Gasteiger partial charge in [0.05, 0.1) is 5.60 Å². The maximum Gasteiger partial charge on any atom is 0.203 e. The molecule has 6 nitrogen and oxygen atoms in total. The Morgan fingerprint density at radius 3 is 3.32 bits per heavy atom. The minimum atomic E-state index is -0.633. The van der Waals surface area contributed by atoms with Crippen LogP contribution in [0.15, 0.2) is 18.7 Å². The summed E-state index contributed by atoms with van der Waals surface area (Å²) in [6.45, 7) is 2.71. The smallest absolute Gasteiger partial charge is 0.203 e. The average molecular weight is 261 g/mol. The molecule has 1 aliphatic rings. The van der Waals surface area contributed by atoms with E-state index >= 15 is 0 Å². The molecule has 2 unspecified atom stereocenters. The van der Waals surface area contributed by atoms with Gasteiger partial charge in [-0.15, -0.1) is 10.2 Å². The second-order valence-corrected chi connectivity index (χ2v) is 5.62. The van der Waals surface area contributed by atoms with Gasteiger partial charge in [0.25, 0.3) is 0 Å². The van der Waals surface area contributed by atoms with Crippen LogP contribution in [0.1, 0.15) is 32.6 Å². The van der Waals surface area contributed by atoms with E-state index in [1.807, 2.05) is 4.40 Å². The molecule has 2 aromatic heterocycles. The molecule has 2 heterocycles. The molecule has 1 aliphatic carbocycles. The molecule has 0 spiro atoms. The van der Waals surface area contributed by atoms with E-state index in [9.17, 15) is 5.11 Å². The van der Waals surface area contributed by atoms with Crippen LogP contribution >= 0.6 is 0 Å². The maximum absolute atomic E-state index is 10.6. The Hall–Kier alpha value is -1.69. The lowest BCUT2D eigenvalue weighted by Gasteiger charge is -2.35. The fourth-order valence-corrected chi connectivity index (χ4v) is 2.92. The zero-order valence-corrected chi connectivity index (χ0v) is 11.1. The number of fused-ring (bicyclic) bond motifs is 1. The molecule has 0 radical (unpaired) electrons. The predicted molar refractivity (Wildman–Crippen MR) is 71.9 cm³/mol. The lowest BCUT2D eigenvalue weighted by Crippen LogP contribution is -2.41. The van der Waals surface area contributed by atoms with E-state index in [4.69, 9.17) is 0 Å². The topological polar surface area (TPSA) is 75.3 Å². The Labute approximate surface area is 111 Å². The lowest BCUT2D eigenvalue weighted by atomic mass is 9.79. The molecule has 1 fully saturated rings. The highest BCUT2D eigenvalue weighted by molar-refractivity contribution is 5.61. The Morgan fingerprint density at radius 2 is 2.47 bits per heavy atom. The molecule has 2 aromatic rings. The summed E-state index contributed by atoms with van der Waals surface area (Å²) >= 11 is 0. The van der Waals surface area contributed by atoms with E-state index in [1.54, 1.807) is 18.7 Å². The van der Waals surface area contributed by atoms with E-state index in [-0.39, 0.29) is 0 Å². The second kappa shape index (κ2) is 4.77. The third-order valence-electron chi connectivity index (χ3n) is 3.87. The minimum absolute atomic E-state index is 0.511. The summed E-state index contributed by atoms with van der Waals surface area (Å²) in [6, 6.07) is 0. The van der Waals surface area contributed by atoms with Crippen molar-refractivity contribution in [1.82, 2.24) is 19.6 Å². The fourth-order valence-electron chi connectivity index (χ4n) is 2.92. The first-order valence-electron chi connectivity index (χ1n) is 6.77. The number of nitrogens with one attached hydrogen (secondary N) is 1. The summed E-state index contributed by atoms with van der Waals surface area (Å²) in [5.74, 6) is 1.25. The summed E-state index contributed by atoms with van der Waals surface area (Å²) in [4.78, 5) is 4.27. The van der Waals surface area contributed by atoms with Gasteiger partial charge >= 0.3 is 0 Å². The first-order valence-corrected chi connectivity index (χ1v) is 6.77. The van der Waals surface area contributed by atoms with Gasteiger partial charge in [-0.1, -0.05) is 19.8 Å². The molecule has 1 saturated carbocycles. The van der Waals surface area contributed by atoms with Crippen molar-refractivity contribution in [2.75, 3.05) is 11.9 Å². The Bertz CT molecular complexity index is 569. The minimum Gasteiger partial charge on any atom is -0.388 e. The van der Waals surface area contributed by atoms with Crippen LogP contribution < -0.4 is 5.32 Å². The molecular formula is C13H19N5O. The zero-order chi connectivity index (χ0) is 13.3. The van der Waals surface area contributed by atoms with Crippen LogP contribution in [-0.2, 0) is 0 Å². The van der Waals surface area contributed by atoms with Crippen molar-refractivity contribution in [3.05, 3.63) is 18.7 Å². The van der Waals surface area contributed by atoms with E-state index in [2.05, 4.69) is 27.4 Å². The Balaban J connectivity index is 1.73. The SMILES string of the molecule is CC1CCCC(O)(CNc2nccn3cnnc23)C1. The van der Waals surface area contributed by atoms with Crippen LogP contribution in [0.4, 0.5) is 5.82 Å². The summed E-state index contributed by atoms with van der Waals surface area (Å²) in [7, 11) is 0. The second-order valence-electron chi connectivity index (χ2n) is 5.62. The van der Waals surface area contributed by atoms with Crippen molar-refractivity contribution in [2.24, 2.45) is 5.92 Å². The first kappa shape index (κ1) is 12.3. The third-order valence-corrected chi connectivity index (χ3v) is 3.87. The van der Waals surface area contributed by atoms with Crippen molar-refractivity contribution < 1.29 is 5.11 Å². The van der Waals surface area contributed by atoms with Crippen LogP contribution in [-0.4, -0.2) is 36.8 Å². The third kappa shape index (κ3) is 2.53. The maximum atomic E-state index is 10.6. The summed E-state index contributed by atoms with van der Waals surface area (Å²) in [5.41, 5.74) is 0.0570. The summed E-state index contributed by atoms with van der Waals surface area (Å²) < 4.78 is 1.81. The molecular weight excluding hydrogens is 242 g/mol. The van der Waals surface area contributed by atoms with E-state index < -0.39 is 5.60 Å². The van der Waals surface area contributed by atoms with Gasteiger partial charge in [-0.3, -0.25) is 4.40 Å². The Morgan fingerprint density at radius 1 is 1.58 bits per heavy atom. The number of aliphatic hydroxyl groups is 1. The van der Waals surface area contributed by atoms with Gasteiger partial charge < -0.3 is 10.4 Å². The summed E-state index contributed by atoms with van der Waals surface area (Å²) in [6.07, 6.45) is 9.13. The monoisotopic (exact) mass is 261 g/mol. The lowest BCUT2D eigenvalue weighted by molar-refractivity contribution is -0.000807. The Kier molecular flexibility index (Phi) is 3.10. The van der Waals surface area contributed by atoms with Gasteiger partial charge in [-0.2, -0.15) is 0 Å². The van der Waals surface area contributed by atoms with Crippen LogP contribution in [0, 0.1) is 5.92 Å². The van der Waals surface area contributed by atoms with Crippen LogP contribution in [0.3, 0.4) is 0 Å². The van der Waals surface area contributed by atoms with Crippen molar-refractivity contribution in [3.63, 3.8) is 0 Å². The predicted octanol–water partition coefficient (Wildman–Crippen LogP) is 1.48. The van der Waals surface area contributed by atoms with Crippen molar-refractivity contribution >= 4 is 11.5 Å². The van der Waals surface area contributed by atoms with Gasteiger partial charge in [-0.05, 0) is 18.8 Å². The van der Waals surface area contributed by atoms with Gasteiger partial charge in [0, 0.05) is 18.9 Å². The van der Waals surface area contributed by atoms with Crippen molar-refractivity contribution in [2.45, 2.75) is 38.2 Å². The molecule has 2 atom stereocenters. The normalized spacial score (nSPS) is 27.6. The highest BCUT2D eigenvalue weighted by Crippen LogP contribution is 2.32. The highest BCUT2D eigenvalue weighted by atomic mass is 16.3. The largest absolute Gasteiger partial charge is 0.388 e. The molecule has 0 aromatic carbocycles. The van der Waals surface area contributed by atoms with Gasteiger partial charge in [0.2, 0.25) is 5.65 Å². The number of anilines is 1. The standard InChI is InChI=1S/C13H19N5O/c1-10-3-2-4-13(19,7-10)8-15-11-12-17-16-9-18(12)6-5-14-11/h5-6,9-10,19H,2-4,7-8H2,1H3,(H,14,15). The molecule has 0 bridgehead atoms. The molecule has 0 aliphatic heterocycles. The average Bonchev–Trinajstić information content (AvgIpc) is 2.85. The van der Waals surface area contributed by atoms with Gasteiger partial charge in [0.1, 0.15) is 6.33 Å². The van der Waals surface area contributed by atoms with Gasteiger partial charge in [-0.25, -0.2) is 4.98 Å². The molecule has 2 N–H and O–H groups in total. The molecule has 102 valence electrons. The van der Waals surface area contributed by atoms with Crippen molar-refractivity contribution in [3.8, 4) is 0 Å². The fraction of sp³-hybridized carbons (Fsp3) is 0.615. The highest BCUT2D eigenvalue weighted by Gasteiger charge is 2.32. The number of nitrogens with zero attached hydrogens (tertiary/aromatic N) is 4. The molecule has 0 saturated heterocycles. The zero-order valence-electron chi connectivity index (χ0n) is 11.1. The van der Waals surface area contributed by atoms with Crippen LogP contribution in [0.5, 0.6) is 0 Å². The van der Waals surface area contributed by atoms with Crippen LogP contribution in [0.25, 0.3) is 5.65 Å². The van der Waals surface area contributed by atoms with E-state index in [0.29, 0.717) is 23.9 Å². The molecule has 6 heteroatoms.